The van der Waals surface area contributed by atoms with E-state index in [0.29, 0.717) is 29.6 Å². The van der Waals surface area contributed by atoms with E-state index in [1.807, 2.05) is 13.8 Å². The summed E-state index contributed by atoms with van der Waals surface area (Å²) in [5.41, 5.74) is 0.987. The SMILES string of the molecule is CCC(C)(C)C(=O)OC1CC(C)C=C2C=CC(C)C(C(C)C)C21. The zero-order valence-corrected chi connectivity index (χ0v) is 15.9. The molecule has 0 fully saturated rings. The molecule has 0 saturated carbocycles. The predicted octanol–water partition coefficient (Wildman–Crippen LogP) is 5.39. The topological polar surface area (TPSA) is 26.3 Å². The van der Waals surface area contributed by atoms with Crippen molar-refractivity contribution in [2.45, 2.75) is 67.4 Å². The number of rotatable bonds is 4. The summed E-state index contributed by atoms with van der Waals surface area (Å²) in [5, 5.41) is 0. The second-order valence-corrected chi connectivity index (χ2v) is 8.63. The number of esters is 1. The van der Waals surface area contributed by atoms with Crippen molar-refractivity contribution in [2.75, 3.05) is 0 Å². The Morgan fingerprint density at radius 2 is 2.00 bits per heavy atom. The third-order valence-corrected chi connectivity index (χ3v) is 5.95. The number of carbonyl (C=O) groups excluding carboxylic acids is 1. The minimum absolute atomic E-state index is 0.0168. The molecule has 2 aliphatic rings. The molecule has 2 rings (SSSR count). The summed E-state index contributed by atoms with van der Waals surface area (Å²) in [5.74, 6) is 2.44. The third kappa shape index (κ3) is 3.72. The lowest BCUT2D eigenvalue weighted by atomic mass is 9.63. The monoisotopic (exact) mass is 318 g/mol. The lowest BCUT2D eigenvalue weighted by Gasteiger charge is -2.45. The maximum absolute atomic E-state index is 12.6. The standard InChI is InChI=1S/C21H34O2/c1-8-21(6,7)20(22)23-17-12-14(4)11-16-10-9-15(5)18(13(2)3)19(16)17/h9-11,13-15,17-19H,8,12H2,1-7H3. The molecular weight excluding hydrogens is 284 g/mol. The summed E-state index contributed by atoms with van der Waals surface area (Å²) in [6.45, 7) is 15.1. The Morgan fingerprint density at radius 3 is 2.57 bits per heavy atom. The Morgan fingerprint density at radius 1 is 1.35 bits per heavy atom. The first kappa shape index (κ1) is 18.3. The Bertz CT molecular complexity index is 498. The molecular formula is C21H34O2. The molecule has 2 heteroatoms. The summed E-state index contributed by atoms with van der Waals surface area (Å²) < 4.78 is 6.10. The molecule has 2 nitrogen and oxygen atoms in total. The van der Waals surface area contributed by atoms with E-state index in [2.05, 4.69) is 52.8 Å². The smallest absolute Gasteiger partial charge is 0.311 e. The molecule has 23 heavy (non-hydrogen) atoms. The molecule has 0 aromatic carbocycles. The second kappa shape index (κ2) is 6.83. The van der Waals surface area contributed by atoms with Gasteiger partial charge < -0.3 is 4.74 Å². The van der Waals surface area contributed by atoms with Gasteiger partial charge in [-0.15, -0.1) is 0 Å². The maximum Gasteiger partial charge on any atom is 0.311 e. The fourth-order valence-electron chi connectivity index (χ4n) is 4.17. The Balaban J connectivity index is 2.30. The van der Waals surface area contributed by atoms with Gasteiger partial charge in [-0.3, -0.25) is 4.79 Å². The van der Waals surface area contributed by atoms with E-state index in [1.165, 1.54) is 5.57 Å². The highest BCUT2D eigenvalue weighted by Crippen LogP contribution is 2.46. The summed E-state index contributed by atoms with van der Waals surface area (Å²) in [7, 11) is 0. The molecule has 130 valence electrons. The van der Waals surface area contributed by atoms with Crippen LogP contribution in [-0.2, 0) is 9.53 Å². The summed E-state index contributed by atoms with van der Waals surface area (Å²) in [4.78, 5) is 12.6. The summed E-state index contributed by atoms with van der Waals surface area (Å²) in [6, 6.07) is 0. The molecule has 0 radical (unpaired) electrons. The van der Waals surface area contributed by atoms with E-state index in [9.17, 15) is 4.79 Å². The van der Waals surface area contributed by atoms with Crippen molar-refractivity contribution < 1.29 is 9.53 Å². The first-order valence-corrected chi connectivity index (χ1v) is 9.28. The molecule has 5 atom stereocenters. The molecule has 0 spiro atoms. The molecule has 0 amide bonds. The van der Waals surface area contributed by atoms with Gasteiger partial charge in [-0.1, -0.05) is 52.8 Å². The average Bonchev–Trinajstić information content (AvgIpc) is 2.47. The maximum atomic E-state index is 12.6. The van der Waals surface area contributed by atoms with E-state index in [0.717, 1.165) is 12.8 Å². The van der Waals surface area contributed by atoms with Crippen LogP contribution in [0.4, 0.5) is 0 Å². The molecule has 2 aliphatic carbocycles. The highest BCUT2D eigenvalue weighted by molar-refractivity contribution is 5.76. The first-order valence-electron chi connectivity index (χ1n) is 9.28. The summed E-state index contributed by atoms with van der Waals surface area (Å²) >= 11 is 0. The zero-order chi connectivity index (χ0) is 17.4. The largest absolute Gasteiger partial charge is 0.461 e. The number of fused-ring (bicyclic) bond motifs is 1. The Labute approximate surface area is 142 Å². The fourth-order valence-corrected chi connectivity index (χ4v) is 4.17. The number of hydrogen-bond acceptors (Lipinski definition) is 2. The van der Waals surface area contributed by atoms with Gasteiger partial charge in [-0.25, -0.2) is 0 Å². The normalized spacial score (nSPS) is 34.1. The fraction of sp³-hybridized carbons (Fsp3) is 0.762. The van der Waals surface area contributed by atoms with Crippen LogP contribution in [-0.4, -0.2) is 12.1 Å². The van der Waals surface area contributed by atoms with Crippen molar-refractivity contribution in [1.29, 1.82) is 0 Å². The summed E-state index contributed by atoms with van der Waals surface area (Å²) in [6.07, 6.45) is 8.77. The molecule has 0 heterocycles. The van der Waals surface area contributed by atoms with Gasteiger partial charge in [0.15, 0.2) is 0 Å². The van der Waals surface area contributed by atoms with Crippen LogP contribution in [0.25, 0.3) is 0 Å². The minimum atomic E-state index is -0.395. The number of allylic oxidation sites excluding steroid dienone is 3. The van der Waals surface area contributed by atoms with Crippen LogP contribution in [0.5, 0.6) is 0 Å². The molecule has 5 unspecified atom stereocenters. The minimum Gasteiger partial charge on any atom is -0.461 e. The lowest BCUT2D eigenvalue weighted by molar-refractivity contribution is -0.165. The molecule has 0 aliphatic heterocycles. The zero-order valence-electron chi connectivity index (χ0n) is 15.9. The second-order valence-electron chi connectivity index (χ2n) is 8.63. The van der Waals surface area contributed by atoms with E-state index in [4.69, 9.17) is 4.74 Å². The van der Waals surface area contributed by atoms with Gasteiger partial charge in [-0.05, 0) is 55.9 Å². The lowest BCUT2D eigenvalue weighted by Crippen LogP contribution is -2.44. The van der Waals surface area contributed by atoms with Gasteiger partial charge >= 0.3 is 5.97 Å². The van der Waals surface area contributed by atoms with E-state index in [-0.39, 0.29) is 12.1 Å². The van der Waals surface area contributed by atoms with Crippen molar-refractivity contribution in [3.8, 4) is 0 Å². The molecule has 0 bridgehead atoms. The first-order chi connectivity index (χ1) is 10.7. The molecule has 0 saturated heterocycles. The van der Waals surface area contributed by atoms with E-state index < -0.39 is 5.41 Å². The van der Waals surface area contributed by atoms with Crippen LogP contribution in [0.3, 0.4) is 0 Å². The molecule has 0 aromatic heterocycles. The van der Waals surface area contributed by atoms with Crippen LogP contribution in [0.1, 0.15) is 61.3 Å². The molecule has 0 N–H and O–H groups in total. The Kier molecular flexibility index (Phi) is 5.43. The Hall–Kier alpha value is -1.05. The average molecular weight is 319 g/mol. The van der Waals surface area contributed by atoms with Gasteiger partial charge in [-0.2, -0.15) is 0 Å². The third-order valence-electron chi connectivity index (χ3n) is 5.95. The van der Waals surface area contributed by atoms with Gasteiger partial charge in [0.05, 0.1) is 5.41 Å². The quantitative estimate of drug-likeness (QED) is 0.649. The number of ether oxygens (including phenoxy) is 1. The van der Waals surface area contributed by atoms with Crippen molar-refractivity contribution in [3.63, 3.8) is 0 Å². The van der Waals surface area contributed by atoms with Crippen molar-refractivity contribution >= 4 is 5.97 Å². The van der Waals surface area contributed by atoms with Crippen molar-refractivity contribution in [2.24, 2.45) is 35.0 Å². The number of hydrogen-bond donors (Lipinski definition) is 0. The van der Waals surface area contributed by atoms with E-state index in [1.54, 1.807) is 0 Å². The van der Waals surface area contributed by atoms with E-state index >= 15 is 0 Å². The van der Waals surface area contributed by atoms with Gasteiger partial charge in [0, 0.05) is 5.92 Å². The van der Waals surface area contributed by atoms with Crippen molar-refractivity contribution in [3.05, 3.63) is 23.8 Å². The van der Waals surface area contributed by atoms with Crippen LogP contribution in [0.2, 0.25) is 0 Å². The van der Waals surface area contributed by atoms with Gasteiger partial charge in [0.25, 0.3) is 0 Å². The molecule has 0 aromatic rings. The predicted molar refractivity (Wildman–Crippen MR) is 95.9 cm³/mol. The van der Waals surface area contributed by atoms with Crippen LogP contribution >= 0.6 is 0 Å². The van der Waals surface area contributed by atoms with Crippen LogP contribution in [0.15, 0.2) is 23.8 Å². The highest BCUT2D eigenvalue weighted by Gasteiger charge is 2.43. The van der Waals surface area contributed by atoms with Gasteiger partial charge in [0.2, 0.25) is 0 Å². The van der Waals surface area contributed by atoms with Crippen LogP contribution in [0, 0.1) is 35.0 Å². The highest BCUT2D eigenvalue weighted by atomic mass is 16.5. The van der Waals surface area contributed by atoms with Crippen molar-refractivity contribution in [1.82, 2.24) is 0 Å². The van der Waals surface area contributed by atoms with Crippen LogP contribution < -0.4 is 0 Å². The number of carbonyl (C=O) groups is 1. The van der Waals surface area contributed by atoms with Gasteiger partial charge in [0.1, 0.15) is 6.10 Å².